The Bertz CT molecular complexity index is 1140. The van der Waals surface area contributed by atoms with Crippen molar-refractivity contribution in [3.05, 3.63) is 60.8 Å². The lowest BCUT2D eigenvalue weighted by Crippen LogP contribution is -2.37. The molecule has 0 radical (unpaired) electrons. The quantitative estimate of drug-likeness (QED) is 0.0198. The zero-order valence-electron chi connectivity index (χ0n) is 36.3. The Balaban J connectivity index is 4.47. The first kappa shape index (κ1) is 53.7. The Hall–Kier alpha value is -2.29. The topological polar surface area (TPSA) is 111 Å². The van der Waals surface area contributed by atoms with Crippen molar-refractivity contribution in [3.8, 4) is 0 Å². The molecule has 0 fully saturated rings. The second kappa shape index (κ2) is 38.2. The number of likely N-dealkylation sites (N-methyl/N-ethyl adjacent to an activating group) is 1. The van der Waals surface area contributed by atoms with Crippen molar-refractivity contribution in [1.29, 1.82) is 0 Å². The Morgan fingerprint density at radius 1 is 0.554 bits per heavy atom. The van der Waals surface area contributed by atoms with Gasteiger partial charge in [0.25, 0.3) is 7.82 Å². The average molecular weight is 808 g/mol. The zero-order chi connectivity index (χ0) is 41.4. The van der Waals surface area contributed by atoms with Crippen LogP contribution in [0.2, 0.25) is 0 Å². The standard InChI is InChI=1S/C46H82NO8P/c1-6-8-10-12-14-16-18-20-22-23-25-26-28-30-32-34-36-38-45(48)52-42-44(43-54-56(50,51)53-41-40-47(3,4)5)55-46(49)39-37-35-33-31-29-27-24-21-19-17-15-13-11-9-7-2/h10,12,16,18,22-23,26,28,33,35,44H,6-9,11,13-15,17,19-21,24-25,27,29-32,34,36-43H2,1-5H3/b12-10+,18-16+,23-22+,28-26+,35-33+/t44-/m1/s1. The normalized spacial score (nSPS) is 14.2. The highest BCUT2D eigenvalue weighted by Gasteiger charge is 2.21. The van der Waals surface area contributed by atoms with Crippen LogP contribution in [0.5, 0.6) is 0 Å². The van der Waals surface area contributed by atoms with Gasteiger partial charge in [-0.3, -0.25) is 14.2 Å². The van der Waals surface area contributed by atoms with Crippen LogP contribution in [0, 0.1) is 0 Å². The van der Waals surface area contributed by atoms with Gasteiger partial charge in [0.1, 0.15) is 19.8 Å². The van der Waals surface area contributed by atoms with E-state index in [-0.39, 0.29) is 26.1 Å². The van der Waals surface area contributed by atoms with Crippen LogP contribution in [0.25, 0.3) is 0 Å². The van der Waals surface area contributed by atoms with Crippen LogP contribution in [-0.2, 0) is 32.7 Å². The number of hydrogen-bond donors (Lipinski definition) is 0. The molecule has 0 saturated heterocycles. The first-order valence-electron chi connectivity index (χ1n) is 22.0. The van der Waals surface area contributed by atoms with Gasteiger partial charge in [-0.1, -0.05) is 152 Å². The summed E-state index contributed by atoms with van der Waals surface area (Å²) < 4.78 is 33.8. The number of rotatable bonds is 39. The molecule has 0 saturated carbocycles. The minimum atomic E-state index is -4.64. The highest BCUT2D eigenvalue weighted by atomic mass is 31.2. The Morgan fingerprint density at radius 2 is 1.04 bits per heavy atom. The lowest BCUT2D eigenvalue weighted by Gasteiger charge is -2.28. The monoisotopic (exact) mass is 808 g/mol. The number of esters is 2. The van der Waals surface area contributed by atoms with E-state index in [1.165, 1.54) is 70.6 Å². The number of nitrogens with zero attached hydrogens (tertiary/aromatic N) is 1. The molecule has 1 unspecified atom stereocenters. The van der Waals surface area contributed by atoms with E-state index < -0.39 is 32.5 Å². The molecule has 0 aromatic carbocycles. The Morgan fingerprint density at radius 3 is 1.59 bits per heavy atom. The summed E-state index contributed by atoms with van der Waals surface area (Å²) in [6.07, 6.45) is 45.4. The van der Waals surface area contributed by atoms with E-state index >= 15 is 0 Å². The number of quaternary nitrogens is 1. The number of carbonyl (C=O) groups is 2. The number of ether oxygens (including phenoxy) is 2. The molecule has 324 valence electrons. The third kappa shape index (κ3) is 41.3. The minimum Gasteiger partial charge on any atom is -0.756 e. The minimum absolute atomic E-state index is 0.0441. The van der Waals surface area contributed by atoms with Crippen LogP contribution in [0.4, 0.5) is 0 Å². The average Bonchev–Trinajstić information content (AvgIpc) is 3.15. The molecule has 0 rings (SSSR count). The molecule has 0 aromatic heterocycles. The SMILES string of the molecule is CCC/C=C/C/C=C/C/C=C/C/C=C/CCCCCC(=O)OC[C@H](COP(=O)([O-])OCC[N+](C)(C)C)OC(=O)CC/C=C/CCCCCCCCCCCCC. The predicted molar refractivity (Wildman–Crippen MR) is 231 cm³/mol. The van der Waals surface area contributed by atoms with Gasteiger partial charge in [0.2, 0.25) is 0 Å². The van der Waals surface area contributed by atoms with Gasteiger partial charge >= 0.3 is 11.9 Å². The highest BCUT2D eigenvalue weighted by Crippen LogP contribution is 2.38. The van der Waals surface area contributed by atoms with Crippen molar-refractivity contribution in [2.75, 3.05) is 47.5 Å². The van der Waals surface area contributed by atoms with Gasteiger partial charge in [0.15, 0.2) is 6.10 Å². The third-order valence-corrected chi connectivity index (χ3v) is 9.97. The summed E-state index contributed by atoms with van der Waals surface area (Å²) >= 11 is 0. The summed E-state index contributed by atoms with van der Waals surface area (Å²) in [6, 6.07) is 0. The van der Waals surface area contributed by atoms with E-state index in [1.54, 1.807) is 0 Å². The molecule has 2 atom stereocenters. The van der Waals surface area contributed by atoms with Crippen molar-refractivity contribution in [1.82, 2.24) is 0 Å². The van der Waals surface area contributed by atoms with Gasteiger partial charge in [0.05, 0.1) is 27.7 Å². The zero-order valence-corrected chi connectivity index (χ0v) is 37.2. The molecule has 0 aliphatic carbocycles. The molecular formula is C46H82NO8P. The van der Waals surface area contributed by atoms with Gasteiger partial charge in [-0.2, -0.15) is 0 Å². The molecular weight excluding hydrogens is 725 g/mol. The van der Waals surface area contributed by atoms with Crippen molar-refractivity contribution >= 4 is 19.8 Å². The number of unbranched alkanes of at least 4 members (excludes halogenated alkanes) is 15. The molecule has 9 nitrogen and oxygen atoms in total. The summed E-state index contributed by atoms with van der Waals surface area (Å²) in [5.41, 5.74) is 0. The molecule has 0 amide bonds. The molecule has 0 N–H and O–H groups in total. The lowest BCUT2D eigenvalue weighted by molar-refractivity contribution is -0.870. The number of allylic oxidation sites excluding steroid dienone is 10. The number of phosphoric ester groups is 1. The maximum atomic E-state index is 12.6. The van der Waals surface area contributed by atoms with Crippen LogP contribution in [0.1, 0.15) is 168 Å². The maximum Gasteiger partial charge on any atom is 0.306 e. The fourth-order valence-corrected chi connectivity index (χ4v) is 6.27. The molecule has 0 heterocycles. The van der Waals surface area contributed by atoms with Crippen LogP contribution in [0.3, 0.4) is 0 Å². The summed E-state index contributed by atoms with van der Waals surface area (Å²) in [4.78, 5) is 37.5. The van der Waals surface area contributed by atoms with Crippen LogP contribution < -0.4 is 4.89 Å². The van der Waals surface area contributed by atoms with E-state index in [0.29, 0.717) is 23.9 Å². The van der Waals surface area contributed by atoms with Crippen molar-refractivity contribution in [3.63, 3.8) is 0 Å². The van der Waals surface area contributed by atoms with E-state index in [0.717, 1.165) is 57.8 Å². The van der Waals surface area contributed by atoms with Gasteiger partial charge < -0.3 is 27.9 Å². The van der Waals surface area contributed by atoms with Crippen LogP contribution in [-0.4, -0.2) is 70.0 Å². The van der Waals surface area contributed by atoms with Gasteiger partial charge in [0, 0.05) is 12.8 Å². The first-order chi connectivity index (χ1) is 27.0. The number of hydrogen-bond acceptors (Lipinski definition) is 8. The number of phosphoric acid groups is 1. The predicted octanol–water partition coefficient (Wildman–Crippen LogP) is 11.8. The van der Waals surface area contributed by atoms with Crippen LogP contribution >= 0.6 is 7.82 Å². The van der Waals surface area contributed by atoms with Crippen molar-refractivity contribution in [2.45, 2.75) is 174 Å². The van der Waals surface area contributed by atoms with E-state index in [1.807, 2.05) is 27.2 Å². The molecule has 0 bridgehead atoms. The Labute approximate surface area is 343 Å². The molecule has 0 aromatic rings. The second-order valence-corrected chi connectivity index (χ2v) is 17.1. The second-order valence-electron chi connectivity index (χ2n) is 15.7. The van der Waals surface area contributed by atoms with E-state index in [4.69, 9.17) is 18.5 Å². The van der Waals surface area contributed by atoms with Crippen LogP contribution in [0.15, 0.2) is 60.8 Å². The summed E-state index contributed by atoms with van der Waals surface area (Å²) in [7, 11) is 1.12. The van der Waals surface area contributed by atoms with Gasteiger partial charge in [-0.15, -0.1) is 0 Å². The highest BCUT2D eigenvalue weighted by molar-refractivity contribution is 7.45. The van der Waals surface area contributed by atoms with Gasteiger partial charge in [-0.05, 0) is 64.2 Å². The van der Waals surface area contributed by atoms with Crippen molar-refractivity contribution < 1.29 is 42.1 Å². The maximum absolute atomic E-state index is 12.6. The first-order valence-corrected chi connectivity index (χ1v) is 23.5. The molecule has 0 aliphatic rings. The molecule has 0 aliphatic heterocycles. The van der Waals surface area contributed by atoms with E-state index in [2.05, 4.69) is 68.5 Å². The number of carbonyl (C=O) groups excluding carboxylic acids is 2. The fraction of sp³-hybridized carbons (Fsp3) is 0.739. The summed E-state index contributed by atoms with van der Waals surface area (Å²) in [5, 5.41) is 0. The summed E-state index contributed by atoms with van der Waals surface area (Å²) in [5.74, 6) is -0.931. The molecule has 10 heteroatoms. The lowest BCUT2D eigenvalue weighted by atomic mass is 10.1. The van der Waals surface area contributed by atoms with Gasteiger partial charge in [-0.25, -0.2) is 0 Å². The fourth-order valence-electron chi connectivity index (χ4n) is 5.54. The van der Waals surface area contributed by atoms with E-state index in [9.17, 15) is 19.0 Å². The smallest absolute Gasteiger partial charge is 0.306 e. The Kier molecular flexibility index (Phi) is 36.7. The molecule has 0 spiro atoms. The largest absolute Gasteiger partial charge is 0.756 e. The van der Waals surface area contributed by atoms with Crippen molar-refractivity contribution in [2.24, 2.45) is 0 Å². The molecule has 56 heavy (non-hydrogen) atoms. The summed E-state index contributed by atoms with van der Waals surface area (Å²) in [6.45, 7) is 4.07. The third-order valence-electron chi connectivity index (χ3n) is 9.00.